The van der Waals surface area contributed by atoms with Crippen LogP contribution >= 0.6 is 24.0 Å². The molecular weight excluding hydrogens is 451 g/mol. The van der Waals surface area contributed by atoms with E-state index >= 15 is 0 Å². The van der Waals surface area contributed by atoms with Crippen LogP contribution in [0.15, 0.2) is 4.99 Å². The van der Waals surface area contributed by atoms with Gasteiger partial charge in [0, 0.05) is 19.1 Å². The first-order valence-corrected chi connectivity index (χ1v) is 10.6. The fourth-order valence-corrected chi connectivity index (χ4v) is 4.22. The first kappa shape index (κ1) is 22.4. The van der Waals surface area contributed by atoms with Crippen LogP contribution in [0.5, 0.6) is 0 Å². The summed E-state index contributed by atoms with van der Waals surface area (Å²) in [6, 6.07) is 1.11. The zero-order chi connectivity index (χ0) is 18.4. The number of aryl methyl sites for hydroxylation is 1. The fraction of sp³-hybridized carbons (Fsp3) is 0.850. The highest BCUT2D eigenvalue weighted by Crippen LogP contribution is 2.26. The third-order valence-corrected chi connectivity index (χ3v) is 6.27. The second kappa shape index (κ2) is 11.2. The lowest BCUT2D eigenvalue weighted by atomic mass is 9.84. The Hall–Kier alpha value is -0.860. The Morgan fingerprint density at radius 3 is 2.19 bits per heavy atom. The van der Waals surface area contributed by atoms with Gasteiger partial charge in [0.1, 0.15) is 12.4 Å². The van der Waals surface area contributed by atoms with E-state index in [2.05, 4.69) is 27.8 Å². The molecule has 0 amide bonds. The molecule has 2 saturated carbocycles. The van der Waals surface area contributed by atoms with E-state index < -0.39 is 0 Å². The molecule has 0 spiro atoms. The maximum atomic E-state index is 4.87. The van der Waals surface area contributed by atoms with Gasteiger partial charge >= 0.3 is 0 Å². The summed E-state index contributed by atoms with van der Waals surface area (Å²) in [6.45, 7) is 4.87. The van der Waals surface area contributed by atoms with Crippen molar-refractivity contribution in [3.63, 3.8) is 0 Å². The first-order chi connectivity index (χ1) is 12.7. The summed E-state index contributed by atoms with van der Waals surface area (Å²) in [7, 11) is 2.01. The molecule has 2 aliphatic carbocycles. The molecule has 3 rings (SSSR count). The van der Waals surface area contributed by atoms with Gasteiger partial charge in [-0.1, -0.05) is 32.6 Å². The molecule has 2 aliphatic rings. The van der Waals surface area contributed by atoms with Crippen LogP contribution in [0.25, 0.3) is 0 Å². The minimum absolute atomic E-state index is 0. The molecule has 0 bridgehead atoms. The topological polar surface area (TPSA) is 67.1 Å². The van der Waals surface area contributed by atoms with Crippen molar-refractivity contribution in [3.8, 4) is 0 Å². The second-order valence-corrected chi connectivity index (χ2v) is 8.14. The number of aliphatic imine (C=N–C) groups is 1. The summed E-state index contributed by atoms with van der Waals surface area (Å²) in [4.78, 5) is 4.87. The Labute approximate surface area is 181 Å². The fourth-order valence-electron chi connectivity index (χ4n) is 4.22. The van der Waals surface area contributed by atoms with Crippen LogP contribution in [0, 0.1) is 12.8 Å². The van der Waals surface area contributed by atoms with Crippen molar-refractivity contribution in [3.05, 3.63) is 11.6 Å². The molecule has 0 aromatic carbocycles. The van der Waals surface area contributed by atoms with Crippen molar-refractivity contribution in [2.24, 2.45) is 18.0 Å². The van der Waals surface area contributed by atoms with Crippen LogP contribution in [-0.4, -0.2) is 32.8 Å². The molecule has 0 atom stereocenters. The average molecular weight is 488 g/mol. The molecular formula is C20H37IN6. The Morgan fingerprint density at radius 1 is 1.00 bits per heavy atom. The second-order valence-electron chi connectivity index (χ2n) is 8.14. The summed E-state index contributed by atoms with van der Waals surface area (Å²) in [5, 5.41) is 15.8. The maximum absolute atomic E-state index is 4.87. The van der Waals surface area contributed by atoms with Crippen molar-refractivity contribution < 1.29 is 0 Å². The lowest BCUT2D eigenvalue weighted by molar-refractivity contribution is 0.302. The molecule has 0 saturated heterocycles. The molecule has 1 aromatic heterocycles. The van der Waals surface area contributed by atoms with Crippen molar-refractivity contribution in [1.82, 2.24) is 25.4 Å². The quantitative estimate of drug-likeness (QED) is 0.373. The number of nitrogens with one attached hydrogen (secondary N) is 2. The van der Waals surface area contributed by atoms with E-state index in [1.165, 1.54) is 64.2 Å². The monoisotopic (exact) mass is 488 g/mol. The van der Waals surface area contributed by atoms with Gasteiger partial charge in [-0.25, -0.2) is 4.99 Å². The Kier molecular flexibility index (Phi) is 9.32. The predicted molar refractivity (Wildman–Crippen MR) is 121 cm³/mol. The van der Waals surface area contributed by atoms with Crippen LogP contribution in [-0.2, 0) is 13.6 Å². The predicted octanol–water partition coefficient (Wildman–Crippen LogP) is 4.08. The molecule has 1 heterocycles. The van der Waals surface area contributed by atoms with Gasteiger partial charge < -0.3 is 15.2 Å². The average Bonchev–Trinajstić information content (AvgIpc) is 2.99. The van der Waals surface area contributed by atoms with E-state index in [9.17, 15) is 0 Å². The number of halogens is 1. The summed E-state index contributed by atoms with van der Waals surface area (Å²) in [5.41, 5.74) is 0. The smallest absolute Gasteiger partial charge is 0.192 e. The van der Waals surface area contributed by atoms with E-state index in [0.717, 1.165) is 23.5 Å². The third kappa shape index (κ3) is 6.61. The Morgan fingerprint density at radius 2 is 1.63 bits per heavy atom. The summed E-state index contributed by atoms with van der Waals surface area (Å²) in [6.07, 6.45) is 13.1. The largest absolute Gasteiger partial charge is 0.354 e. The highest BCUT2D eigenvalue weighted by atomic mass is 127. The number of nitrogens with zero attached hydrogens (tertiary/aromatic N) is 4. The molecule has 7 heteroatoms. The molecule has 27 heavy (non-hydrogen) atoms. The molecule has 0 radical (unpaired) electrons. The van der Waals surface area contributed by atoms with Crippen LogP contribution in [0.2, 0.25) is 0 Å². The minimum Gasteiger partial charge on any atom is -0.354 e. The SMILES string of the molecule is CCC1CCC(NC(=NCc2nnc(C)n2C)NC2CCCCC2)CC1.I. The Balaban J connectivity index is 0.00000261. The van der Waals surface area contributed by atoms with Crippen molar-refractivity contribution in [2.45, 2.75) is 96.7 Å². The van der Waals surface area contributed by atoms with Gasteiger partial charge in [0.25, 0.3) is 0 Å². The van der Waals surface area contributed by atoms with Gasteiger partial charge in [-0.2, -0.15) is 0 Å². The van der Waals surface area contributed by atoms with Gasteiger partial charge in [0.05, 0.1) is 0 Å². The van der Waals surface area contributed by atoms with Crippen molar-refractivity contribution >= 4 is 29.9 Å². The Bertz CT molecular complexity index is 585. The highest BCUT2D eigenvalue weighted by Gasteiger charge is 2.22. The molecule has 154 valence electrons. The van der Waals surface area contributed by atoms with Crippen molar-refractivity contribution in [1.29, 1.82) is 0 Å². The molecule has 2 N–H and O–H groups in total. The van der Waals surface area contributed by atoms with E-state index in [1.54, 1.807) is 0 Å². The zero-order valence-electron chi connectivity index (χ0n) is 17.2. The summed E-state index contributed by atoms with van der Waals surface area (Å²) in [5.74, 6) is 3.74. The minimum atomic E-state index is 0. The number of hydrogen-bond acceptors (Lipinski definition) is 3. The van der Waals surface area contributed by atoms with Gasteiger partial charge in [0.2, 0.25) is 0 Å². The molecule has 0 aliphatic heterocycles. The molecule has 0 unspecified atom stereocenters. The first-order valence-electron chi connectivity index (χ1n) is 10.6. The maximum Gasteiger partial charge on any atom is 0.192 e. The summed E-state index contributed by atoms with van der Waals surface area (Å²) >= 11 is 0. The van der Waals surface area contributed by atoms with E-state index in [1.807, 2.05) is 18.5 Å². The van der Waals surface area contributed by atoms with E-state index in [4.69, 9.17) is 4.99 Å². The van der Waals surface area contributed by atoms with Crippen LogP contribution in [0.3, 0.4) is 0 Å². The van der Waals surface area contributed by atoms with E-state index in [0.29, 0.717) is 18.6 Å². The third-order valence-electron chi connectivity index (χ3n) is 6.27. The molecule has 2 fully saturated rings. The summed E-state index contributed by atoms with van der Waals surface area (Å²) < 4.78 is 2.02. The van der Waals surface area contributed by atoms with Crippen LogP contribution in [0.1, 0.15) is 82.8 Å². The number of hydrogen-bond donors (Lipinski definition) is 2. The number of guanidine groups is 1. The standard InChI is InChI=1S/C20H36N6.HI/c1-4-16-10-12-18(13-11-16)23-20(22-17-8-6-5-7-9-17)21-14-19-25-24-15(2)26(19)3;/h16-18H,4-14H2,1-3H3,(H2,21,22,23);1H. The lowest BCUT2D eigenvalue weighted by Crippen LogP contribution is -2.48. The lowest BCUT2D eigenvalue weighted by Gasteiger charge is -2.31. The normalized spacial score (nSPS) is 24.3. The van der Waals surface area contributed by atoms with Crippen LogP contribution in [0.4, 0.5) is 0 Å². The van der Waals surface area contributed by atoms with Crippen molar-refractivity contribution in [2.75, 3.05) is 0 Å². The van der Waals surface area contributed by atoms with Gasteiger partial charge in [-0.3, -0.25) is 0 Å². The number of aromatic nitrogens is 3. The van der Waals surface area contributed by atoms with Gasteiger partial charge in [-0.15, -0.1) is 34.2 Å². The van der Waals surface area contributed by atoms with E-state index in [-0.39, 0.29) is 24.0 Å². The highest BCUT2D eigenvalue weighted by molar-refractivity contribution is 14.0. The molecule has 6 nitrogen and oxygen atoms in total. The zero-order valence-corrected chi connectivity index (χ0v) is 19.5. The van der Waals surface area contributed by atoms with Crippen LogP contribution < -0.4 is 10.6 Å². The van der Waals surface area contributed by atoms with Gasteiger partial charge in [0.15, 0.2) is 11.8 Å². The molecule has 1 aromatic rings. The number of rotatable bonds is 5. The van der Waals surface area contributed by atoms with Gasteiger partial charge in [-0.05, 0) is 51.4 Å².